The van der Waals surface area contributed by atoms with E-state index in [4.69, 9.17) is 4.74 Å². The number of hydrogen-bond donors (Lipinski definition) is 0. The Hall–Kier alpha value is -3.53. The van der Waals surface area contributed by atoms with Crippen molar-refractivity contribution in [2.45, 2.75) is 19.6 Å². The number of alkyl halides is 3. The molecule has 2 aromatic carbocycles. The molecule has 0 saturated carbocycles. The molecule has 0 bridgehead atoms. The number of rotatable bonds is 6. The van der Waals surface area contributed by atoms with Gasteiger partial charge >= 0.3 is 6.36 Å². The Labute approximate surface area is 172 Å². The minimum atomic E-state index is -4.76. The second-order valence-corrected chi connectivity index (χ2v) is 6.56. The molecule has 10 heteroatoms. The summed E-state index contributed by atoms with van der Waals surface area (Å²) in [6.45, 7) is -0.0683. The lowest BCUT2D eigenvalue weighted by molar-refractivity contribution is -0.274. The summed E-state index contributed by atoms with van der Waals surface area (Å²) in [6.07, 6.45) is -3.04. The molecule has 2 aromatic heterocycles. The molecule has 4 rings (SSSR count). The van der Waals surface area contributed by atoms with Gasteiger partial charge in [0.1, 0.15) is 24.0 Å². The minimum Gasteiger partial charge on any atom is -0.406 e. The van der Waals surface area contributed by atoms with Gasteiger partial charge in [0, 0.05) is 17.8 Å². The molecule has 0 radical (unpaired) electrons. The van der Waals surface area contributed by atoms with Crippen LogP contribution in [0.4, 0.5) is 22.0 Å². The van der Waals surface area contributed by atoms with Crippen LogP contribution >= 0.6 is 0 Å². The molecule has 5 nitrogen and oxygen atoms in total. The molecule has 0 saturated heterocycles. The number of benzene rings is 2. The zero-order valence-electron chi connectivity index (χ0n) is 15.7. The highest BCUT2D eigenvalue weighted by Crippen LogP contribution is 2.27. The van der Waals surface area contributed by atoms with Gasteiger partial charge in [-0.1, -0.05) is 18.2 Å². The van der Waals surface area contributed by atoms with E-state index in [-0.39, 0.29) is 24.5 Å². The Morgan fingerprint density at radius 2 is 1.58 bits per heavy atom. The lowest BCUT2D eigenvalue weighted by Crippen LogP contribution is -2.16. The van der Waals surface area contributed by atoms with E-state index in [0.717, 1.165) is 12.1 Å². The molecule has 0 spiro atoms. The van der Waals surface area contributed by atoms with Crippen LogP contribution in [0.5, 0.6) is 5.75 Å². The summed E-state index contributed by atoms with van der Waals surface area (Å²) in [5, 5.41) is 8.07. The summed E-state index contributed by atoms with van der Waals surface area (Å²) >= 11 is 0. The second-order valence-electron chi connectivity index (χ2n) is 6.56. The first kappa shape index (κ1) is 20.7. The van der Waals surface area contributed by atoms with E-state index >= 15 is 0 Å². The predicted molar refractivity (Wildman–Crippen MR) is 100.0 cm³/mol. The van der Waals surface area contributed by atoms with Gasteiger partial charge in [-0.3, -0.25) is 4.40 Å². The fourth-order valence-electron chi connectivity index (χ4n) is 2.95. The van der Waals surface area contributed by atoms with Crippen molar-refractivity contribution in [1.29, 1.82) is 0 Å². The lowest BCUT2D eigenvalue weighted by atomic mass is 10.1. The van der Waals surface area contributed by atoms with Crippen molar-refractivity contribution in [3.8, 4) is 16.9 Å². The maximum atomic E-state index is 13.7. The first-order chi connectivity index (χ1) is 14.8. The van der Waals surface area contributed by atoms with E-state index in [1.54, 1.807) is 22.7 Å². The zero-order valence-corrected chi connectivity index (χ0v) is 15.7. The molecule has 4 aromatic rings. The molecule has 31 heavy (non-hydrogen) atoms. The van der Waals surface area contributed by atoms with Gasteiger partial charge in [-0.25, -0.2) is 8.78 Å². The molecule has 0 fully saturated rings. The monoisotopic (exact) mass is 435 g/mol. The van der Waals surface area contributed by atoms with Crippen LogP contribution in [-0.4, -0.2) is 21.0 Å². The standard InChI is InChI=1S/C21H14F5N3O2/c22-16-5-1-15(18(23)9-16)11-30-12-20-28-27-19-8-4-14(10-29(19)20)13-2-6-17(7-3-13)31-21(24,25)26/h1-10H,11-12H2. The molecule has 0 aliphatic heterocycles. The van der Waals surface area contributed by atoms with Crippen LogP contribution < -0.4 is 4.74 Å². The quantitative estimate of drug-likeness (QED) is 0.386. The van der Waals surface area contributed by atoms with Gasteiger partial charge in [0.15, 0.2) is 11.5 Å². The zero-order chi connectivity index (χ0) is 22.0. The maximum Gasteiger partial charge on any atom is 0.573 e. The summed E-state index contributed by atoms with van der Waals surface area (Å²) < 4.78 is 74.6. The summed E-state index contributed by atoms with van der Waals surface area (Å²) in [6, 6.07) is 12.1. The Bertz CT molecular complexity index is 1210. The number of ether oxygens (including phenoxy) is 2. The molecule has 0 amide bonds. The number of aromatic nitrogens is 3. The largest absolute Gasteiger partial charge is 0.573 e. The lowest BCUT2D eigenvalue weighted by Gasteiger charge is -2.10. The molecule has 160 valence electrons. The maximum absolute atomic E-state index is 13.7. The third-order valence-corrected chi connectivity index (χ3v) is 4.40. The van der Waals surface area contributed by atoms with Crippen molar-refractivity contribution in [2.75, 3.05) is 0 Å². The Kier molecular flexibility index (Phi) is 5.55. The third kappa shape index (κ3) is 4.97. The molecular formula is C21H14F5N3O2. The summed E-state index contributed by atoms with van der Waals surface area (Å²) in [5.41, 5.74) is 2.10. The van der Waals surface area contributed by atoms with Crippen molar-refractivity contribution in [3.05, 3.63) is 83.8 Å². The summed E-state index contributed by atoms with van der Waals surface area (Å²) in [4.78, 5) is 0. The van der Waals surface area contributed by atoms with Crippen molar-refractivity contribution < 1.29 is 31.4 Å². The molecule has 0 aliphatic carbocycles. The van der Waals surface area contributed by atoms with Crippen LogP contribution in [-0.2, 0) is 18.0 Å². The molecule has 0 unspecified atom stereocenters. The van der Waals surface area contributed by atoms with Crippen molar-refractivity contribution in [1.82, 2.24) is 14.6 Å². The van der Waals surface area contributed by atoms with E-state index in [2.05, 4.69) is 14.9 Å². The molecular weight excluding hydrogens is 421 g/mol. The van der Waals surface area contributed by atoms with E-state index in [0.29, 0.717) is 22.6 Å². The fourth-order valence-corrected chi connectivity index (χ4v) is 2.95. The molecule has 0 aliphatic rings. The Morgan fingerprint density at radius 3 is 2.29 bits per heavy atom. The second kappa shape index (κ2) is 8.31. The molecule has 0 N–H and O–H groups in total. The minimum absolute atomic E-state index is 0.0137. The summed E-state index contributed by atoms with van der Waals surface area (Å²) in [5.74, 6) is -1.25. The smallest absolute Gasteiger partial charge is 0.406 e. The van der Waals surface area contributed by atoms with Crippen molar-refractivity contribution >= 4 is 5.65 Å². The first-order valence-electron chi connectivity index (χ1n) is 9.00. The highest BCUT2D eigenvalue weighted by atomic mass is 19.4. The van der Waals surface area contributed by atoms with Crippen LogP contribution in [0.25, 0.3) is 16.8 Å². The number of nitrogens with zero attached hydrogens (tertiary/aromatic N) is 3. The fraction of sp³-hybridized carbons (Fsp3) is 0.143. The average Bonchev–Trinajstić information content (AvgIpc) is 3.11. The van der Waals surface area contributed by atoms with Crippen LogP contribution in [0.2, 0.25) is 0 Å². The SMILES string of the molecule is Fc1ccc(COCc2nnc3ccc(-c4ccc(OC(F)(F)F)cc4)cn23)c(F)c1. The van der Waals surface area contributed by atoms with Crippen molar-refractivity contribution in [3.63, 3.8) is 0 Å². The predicted octanol–water partition coefficient (Wildman–Crippen LogP) is 5.29. The third-order valence-electron chi connectivity index (χ3n) is 4.40. The van der Waals surface area contributed by atoms with Crippen LogP contribution in [0.15, 0.2) is 60.8 Å². The number of pyridine rings is 1. The van der Waals surface area contributed by atoms with Crippen LogP contribution in [0.1, 0.15) is 11.4 Å². The highest BCUT2D eigenvalue weighted by molar-refractivity contribution is 5.65. The number of hydrogen-bond acceptors (Lipinski definition) is 4. The van der Waals surface area contributed by atoms with Gasteiger partial charge in [0.05, 0.1) is 6.61 Å². The van der Waals surface area contributed by atoms with Gasteiger partial charge in [-0.15, -0.1) is 23.4 Å². The number of fused-ring (bicyclic) bond motifs is 1. The Balaban J connectivity index is 1.49. The molecule has 2 heterocycles. The van der Waals surface area contributed by atoms with E-state index in [1.807, 2.05) is 0 Å². The van der Waals surface area contributed by atoms with E-state index < -0.39 is 18.0 Å². The first-order valence-corrected chi connectivity index (χ1v) is 9.00. The van der Waals surface area contributed by atoms with E-state index in [9.17, 15) is 22.0 Å². The van der Waals surface area contributed by atoms with Gasteiger partial charge in [0.25, 0.3) is 0 Å². The van der Waals surface area contributed by atoms with Gasteiger partial charge in [0.2, 0.25) is 0 Å². The van der Waals surface area contributed by atoms with Gasteiger partial charge in [-0.05, 0) is 41.5 Å². The molecule has 0 atom stereocenters. The Morgan fingerprint density at radius 1 is 0.839 bits per heavy atom. The topological polar surface area (TPSA) is 48.7 Å². The summed E-state index contributed by atoms with van der Waals surface area (Å²) in [7, 11) is 0. The van der Waals surface area contributed by atoms with Crippen LogP contribution in [0, 0.1) is 11.6 Å². The van der Waals surface area contributed by atoms with E-state index in [1.165, 1.54) is 30.3 Å². The average molecular weight is 435 g/mol. The van der Waals surface area contributed by atoms with Gasteiger partial charge in [-0.2, -0.15) is 0 Å². The normalized spacial score (nSPS) is 11.8. The van der Waals surface area contributed by atoms with Crippen LogP contribution in [0.3, 0.4) is 0 Å². The highest BCUT2D eigenvalue weighted by Gasteiger charge is 2.30. The van der Waals surface area contributed by atoms with Gasteiger partial charge < -0.3 is 9.47 Å². The van der Waals surface area contributed by atoms with Crippen molar-refractivity contribution in [2.24, 2.45) is 0 Å². The number of halogens is 5.